The Morgan fingerprint density at radius 3 is 2.62 bits per heavy atom. The number of aryl methyl sites for hydroxylation is 1. The minimum absolute atomic E-state index is 0.0746. The van der Waals surface area contributed by atoms with Gasteiger partial charge in [-0.05, 0) is 6.92 Å². The highest BCUT2D eigenvalue weighted by Gasteiger charge is 2.02. The third-order valence-corrected chi connectivity index (χ3v) is 1.40. The fourth-order valence-corrected chi connectivity index (χ4v) is 0.801. The molecule has 0 saturated heterocycles. The van der Waals surface area contributed by atoms with Crippen molar-refractivity contribution in [1.29, 1.82) is 0 Å². The van der Waals surface area contributed by atoms with Crippen molar-refractivity contribution in [3.63, 3.8) is 0 Å². The Balaban J connectivity index is 2.91. The van der Waals surface area contributed by atoms with E-state index in [1.807, 2.05) is 0 Å². The summed E-state index contributed by atoms with van der Waals surface area (Å²) in [6.07, 6.45) is 1.58. The van der Waals surface area contributed by atoms with Crippen molar-refractivity contribution in [3.8, 4) is 0 Å². The first-order valence-electron chi connectivity index (χ1n) is 3.59. The average Bonchev–Trinajstić information content (AvgIpc) is 2.47. The van der Waals surface area contributed by atoms with E-state index in [4.69, 9.17) is 11.5 Å². The van der Waals surface area contributed by atoms with Crippen LogP contribution >= 0.6 is 0 Å². The molecule has 7 heteroatoms. The maximum absolute atomic E-state index is 5.11. The summed E-state index contributed by atoms with van der Waals surface area (Å²) in [5.74, 6) is -0.0746. The molecular formula is C6H11N7. The van der Waals surface area contributed by atoms with E-state index in [1.54, 1.807) is 24.9 Å². The van der Waals surface area contributed by atoms with Crippen LogP contribution in [0.2, 0.25) is 0 Å². The van der Waals surface area contributed by atoms with Crippen LogP contribution in [-0.4, -0.2) is 26.7 Å². The van der Waals surface area contributed by atoms with E-state index >= 15 is 0 Å². The molecular weight excluding hydrogens is 170 g/mol. The lowest BCUT2D eigenvalue weighted by atomic mass is 10.3. The van der Waals surface area contributed by atoms with Crippen molar-refractivity contribution in [2.24, 2.45) is 28.7 Å². The van der Waals surface area contributed by atoms with Gasteiger partial charge in [-0.3, -0.25) is 0 Å². The predicted molar refractivity (Wildman–Crippen MR) is 49.0 cm³/mol. The molecule has 1 rings (SSSR count). The fraction of sp³-hybridized carbons (Fsp3) is 0.333. The third-order valence-electron chi connectivity index (χ3n) is 1.40. The van der Waals surface area contributed by atoms with Crippen LogP contribution in [0.1, 0.15) is 12.6 Å². The molecule has 0 fully saturated rings. The molecule has 0 unspecified atom stereocenters. The molecule has 0 amide bonds. The van der Waals surface area contributed by atoms with Crippen LogP contribution < -0.4 is 11.5 Å². The lowest BCUT2D eigenvalue weighted by Gasteiger charge is -1.96. The molecule has 0 aliphatic heterocycles. The van der Waals surface area contributed by atoms with Crippen LogP contribution in [-0.2, 0) is 7.05 Å². The zero-order valence-corrected chi connectivity index (χ0v) is 7.47. The fourth-order valence-electron chi connectivity index (χ4n) is 0.801. The van der Waals surface area contributed by atoms with Gasteiger partial charge in [-0.2, -0.15) is 0 Å². The molecule has 0 aliphatic carbocycles. The number of nitrogens with two attached hydrogens (primary N) is 2. The molecule has 0 aliphatic rings. The Morgan fingerprint density at radius 2 is 2.15 bits per heavy atom. The van der Waals surface area contributed by atoms with Crippen LogP contribution in [0, 0.1) is 0 Å². The molecule has 7 nitrogen and oxygen atoms in total. The van der Waals surface area contributed by atoms with Gasteiger partial charge < -0.3 is 11.5 Å². The van der Waals surface area contributed by atoms with Gasteiger partial charge in [0, 0.05) is 7.05 Å². The minimum Gasteiger partial charge on any atom is -0.369 e. The molecule has 1 aromatic rings. The number of aromatic nitrogens is 3. The second-order valence-corrected chi connectivity index (χ2v) is 2.45. The molecule has 70 valence electrons. The quantitative estimate of drug-likeness (QED) is 0.340. The summed E-state index contributed by atoms with van der Waals surface area (Å²) in [7, 11) is 1.76. The molecule has 0 saturated carbocycles. The highest BCUT2D eigenvalue weighted by molar-refractivity contribution is 5.97. The summed E-state index contributed by atoms with van der Waals surface area (Å²) in [6.45, 7) is 1.77. The van der Waals surface area contributed by atoms with E-state index in [2.05, 4.69) is 20.5 Å². The second-order valence-electron chi connectivity index (χ2n) is 2.45. The van der Waals surface area contributed by atoms with Gasteiger partial charge in [0.15, 0.2) is 0 Å². The summed E-state index contributed by atoms with van der Waals surface area (Å²) < 4.78 is 1.58. The predicted octanol–water partition coefficient (Wildman–Crippen LogP) is -1.19. The van der Waals surface area contributed by atoms with E-state index in [1.165, 1.54) is 0 Å². The molecule has 0 bridgehead atoms. The first-order chi connectivity index (χ1) is 6.11. The summed E-state index contributed by atoms with van der Waals surface area (Å²) in [4.78, 5) is 0. The lowest BCUT2D eigenvalue weighted by molar-refractivity contribution is 0.709. The normalized spacial score (nSPS) is 11.4. The highest BCUT2D eigenvalue weighted by atomic mass is 15.4. The Bertz CT molecular complexity index is 344. The highest BCUT2D eigenvalue weighted by Crippen LogP contribution is 1.96. The average molecular weight is 181 g/mol. The van der Waals surface area contributed by atoms with E-state index in [-0.39, 0.29) is 5.96 Å². The molecule has 0 spiro atoms. The van der Waals surface area contributed by atoms with Crippen LogP contribution in [0.25, 0.3) is 0 Å². The number of rotatable bonds is 2. The standard InChI is InChI=1S/C6H11N7/c1-4(10-11-6(7)8)5-3-9-12-13(5)2/h3H,1-2H3,(H4,7,8,11)/b10-4+. The number of guanidine groups is 1. The van der Waals surface area contributed by atoms with Crippen molar-refractivity contribution in [2.75, 3.05) is 0 Å². The van der Waals surface area contributed by atoms with Gasteiger partial charge in [-0.15, -0.1) is 15.3 Å². The Hall–Kier alpha value is -1.92. The van der Waals surface area contributed by atoms with Crippen LogP contribution in [0.5, 0.6) is 0 Å². The van der Waals surface area contributed by atoms with Gasteiger partial charge in [0.05, 0.1) is 11.9 Å². The van der Waals surface area contributed by atoms with Crippen LogP contribution in [0.4, 0.5) is 0 Å². The van der Waals surface area contributed by atoms with Crippen molar-refractivity contribution in [3.05, 3.63) is 11.9 Å². The molecule has 0 radical (unpaired) electrons. The van der Waals surface area contributed by atoms with Crippen molar-refractivity contribution >= 4 is 11.7 Å². The summed E-state index contributed by atoms with van der Waals surface area (Å²) in [6, 6.07) is 0. The van der Waals surface area contributed by atoms with Gasteiger partial charge in [-0.1, -0.05) is 5.21 Å². The maximum atomic E-state index is 5.11. The Morgan fingerprint density at radius 1 is 1.46 bits per heavy atom. The first-order valence-corrected chi connectivity index (χ1v) is 3.59. The number of hydrogen-bond acceptors (Lipinski definition) is 4. The third kappa shape index (κ3) is 2.26. The van der Waals surface area contributed by atoms with Crippen LogP contribution in [0.3, 0.4) is 0 Å². The van der Waals surface area contributed by atoms with E-state index in [0.29, 0.717) is 5.71 Å². The summed E-state index contributed by atoms with van der Waals surface area (Å²) >= 11 is 0. The van der Waals surface area contributed by atoms with Gasteiger partial charge in [0.2, 0.25) is 5.96 Å². The first kappa shape index (κ1) is 9.17. The molecule has 0 aromatic carbocycles. The smallest absolute Gasteiger partial charge is 0.211 e. The zero-order valence-electron chi connectivity index (χ0n) is 7.47. The van der Waals surface area contributed by atoms with E-state index in [0.717, 1.165) is 5.69 Å². The largest absolute Gasteiger partial charge is 0.369 e. The summed E-state index contributed by atoms with van der Waals surface area (Å²) in [5, 5.41) is 14.7. The zero-order chi connectivity index (χ0) is 9.84. The van der Waals surface area contributed by atoms with Crippen molar-refractivity contribution < 1.29 is 0 Å². The SMILES string of the molecule is C/C(=N\N=C(N)N)c1cnnn1C. The van der Waals surface area contributed by atoms with Crippen molar-refractivity contribution in [1.82, 2.24) is 15.0 Å². The molecule has 0 atom stereocenters. The Labute approximate surface area is 75.1 Å². The minimum atomic E-state index is -0.0746. The summed E-state index contributed by atoms with van der Waals surface area (Å²) in [5.41, 5.74) is 11.7. The van der Waals surface area contributed by atoms with Gasteiger partial charge in [-0.25, -0.2) is 4.68 Å². The monoisotopic (exact) mass is 181 g/mol. The van der Waals surface area contributed by atoms with Gasteiger partial charge in [0.25, 0.3) is 0 Å². The van der Waals surface area contributed by atoms with E-state index in [9.17, 15) is 0 Å². The topological polar surface area (TPSA) is 107 Å². The number of nitrogens with zero attached hydrogens (tertiary/aromatic N) is 5. The molecule has 1 heterocycles. The maximum Gasteiger partial charge on any atom is 0.211 e. The van der Waals surface area contributed by atoms with Crippen molar-refractivity contribution in [2.45, 2.75) is 6.92 Å². The number of hydrogen-bond donors (Lipinski definition) is 2. The second kappa shape index (κ2) is 3.65. The molecule has 4 N–H and O–H groups in total. The molecule has 1 aromatic heterocycles. The lowest BCUT2D eigenvalue weighted by Crippen LogP contribution is -2.22. The molecule has 13 heavy (non-hydrogen) atoms. The van der Waals surface area contributed by atoms with Gasteiger partial charge >= 0.3 is 0 Å². The Kier molecular flexibility index (Phi) is 2.58. The van der Waals surface area contributed by atoms with E-state index < -0.39 is 0 Å². The van der Waals surface area contributed by atoms with Crippen LogP contribution in [0.15, 0.2) is 16.4 Å². The van der Waals surface area contributed by atoms with Gasteiger partial charge in [0.1, 0.15) is 5.69 Å².